The number of rotatable bonds is 8. The van der Waals surface area contributed by atoms with Gasteiger partial charge in [-0.05, 0) is 24.3 Å². The Morgan fingerprint density at radius 1 is 1.17 bits per heavy atom. The molecule has 0 aliphatic heterocycles. The minimum atomic E-state index is -0.830. The van der Waals surface area contributed by atoms with Crippen molar-refractivity contribution in [1.82, 2.24) is 5.32 Å². The summed E-state index contributed by atoms with van der Waals surface area (Å²) < 4.78 is 5.26. The van der Waals surface area contributed by atoms with Crippen LogP contribution in [0.3, 0.4) is 0 Å². The zero-order valence-corrected chi connectivity index (χ0v) is 14.1. The van der Waals surface area contributed by atoms with Crippen molar-refractivity contribution in [2.45, 2.75) is 64.0 Å². The summed E-state index contributed by atoms with van der Waals surface area (Å²) in [7, 11) is 0. The average molecular weight is 333 g/mol. The summed E-state index contributed by atoms with van der Waals surface area (Å²) in [4.78, 5) is 22.9. The fourth-order valence-electron chi connectivity index (χ4n) is 3.30. The molecule has 5 heteroatoms. The van der Waals surface area contributed by atoms with Gasteiger partial charge in [0.05, 0.1) is 0 Å². The van der Waals surface area contributed by atoms with E-state index in [0.29, 0.717) is 12.3 Å². The molecule has 0 bridgehead atoms. The molecule has 0 heterocycles. The van der Waals surface area contributed by atoms with Crippen molar-refractivity contribution in [3.8, 4) is 0 Å². The predicted molar refractivity (Wildman–Crippen MR) is 91.6 cm³/mol. The van der Waals surface area contributed by atoms with E-state index in [4.69, 9.17) is 9.84 Å². The number of ether oxygens (including phenoxy) is 1. The van der Waals surface area contributed by atoms with Crippen LogP contribution in [0.5, 0.6) is 0 Å². The molecule has 1 fully saturated rings. The highest BCUT2D eigenvalue weighted by Crippen LogP contribution is 2.28. The molecule has 0 radical (unpaired) electrons. The third-order valence-electron chi connectivity index (χ3n) is 4.58. The normalized spacial score (nSPS) is 16.3. The Kier molecular flexibility index (Phi) is 7.59. The number of benzene rings is 1. The van der Waals surface area contributed by atoms with E-state index in [0.717, 1.165) is 12.0 Å². The van der Waals surface area contributed by atoms with Crippen LogP contribution in [-0.4, -0.2) is 23.2 Å². The van der Waals surface area contributed by atoms with Crippen LogP contribution in [-0.2, 0) is 16.1 Å². The van der Waals surface area contributed by atoms with Crippen LogP contribution in [0.15, 0.2) is 30.3 Å². The predicted octanol–water partition coefficient (Wildman–Crippen LogP) is 4.12. The summed E-state index contributed by atoms with van der Waals surface area (Å²) in [5, 5.41) is 11.8. The van der Waals surface area contributed by atoms with Gasteiger partial charge in [-0.25, -0.2) is 4.79 Å². The van der Waals surface area contributed by atoms with Crippen molar-refractivity contribution in [1.29, 1.82) is 0 Å². The maximum Gasteiger partial charge on any atom is 0.407 e. The van der Waals surface area contributed by atoms with Crippen molar-refractivity contribution in [3.05, 3.63) is 35.9 Å². The number of aliphatic carboxylic acids is 1. The Bertz CT molecular complexity index is 511. The molecule has 0 aromatic heterocycles. The van der Waals surface area contributed by atoms with E-state index in [-0.39, 0.29) is 19.1 Å². The highest BCUT2D eigenvalue weighted by Gasteiger charge is 2.21. The van der Waals surface area contributed by atoms with Crippen LogP contribution in [0.4, 0.5) is 4.79 Å². The monoisotopic (exact) mass is 333 g/mol. The van der Waals surface area contributed by atoms with E-state index in [2.05, 4.69) is 5.32 Å². The van der Waals surface area contributed by atoms with Crippen LogP contribution in [0.2, 0.25) is 0 Å². The molecule has 1 atom stereocenters. The van der Waals surface area contributed by atoms with Gasteiger partial charge in [-0.3, -0.25) is 4.79 Å². The minimum absolute atomic E-state index is 0.0658. The van der Waals surface area contributed by atoms with Crippen LogP contribution >= 0.6 is 0 Å². The quantitative estimate of drug-likeness (QED) is 0.750. The number of nitrogens with one attached hydrogen (secondary N) is 1. The Morgan fingerprint density at radius 2 is 1.88 bits per heavy atom. The molecule has 5 nitrogen and oxygen atoms in total. The van der Waals surface area contributed by atoms with Gasteiger partial charge in [0.1, 0.15) is 6.61 Å². The summed E-state index contributed by atoms with van der Waals surface area (Å²) >= 11 is 0. The number of carbonyl (C=O) groups excluding carboxylic acids is 1. The molecular formula is C19H27NO4. The van der Waals surface area contributed by atoms with Crippen molar-refractivity contribution in [3.63, 3.8) is 0 Å². The van der Waals surface area contributed by atoms with Crippen LogP contribution in [0.25, 0.3) is 0 Å². The van der Waals surface area contributed by atoms with Gasteiger partial charge in [0.15, 0.2) is 0 Å². The molecule has 1 unspecified atom stereocenters. The van der Waals surface area contributed by atoms with Gasteiger partial charge >= 0.3 is 12.1 Å². The average Bonchev–Trinajstić information content (AvgIpc) is 2.60. The molecule has 0 spiro atoms. The summed E-state index contributed by atoms with van der Waals surface area (Å²) in [5.41, 5.74) is 0.932. The standard InChI is InChI=1S/C19H27NO4/c21-18(22)12-11-17(13-15-7-3-1-4-8-15)20-19(23)24-14-16-9-5-2-6-10-16/h2,5-6,9-10,15,17H,1,3-4,7-8,11-14H2,(H,20,23)(H,21,22). The lowest BCUT2D eigenvalue weighted by atomic mass is 9.84. The number of alkyl carbamates (subject to hydrolysis) is 1. The fourth-order valence-corrected chi connectivity index (χ4v) is 3.30. The Labute approximate surface area is 143 Å². The molecule has 0 saturated heterocycles. The number of carboxylic acids is 1. The fraction of sp³-hybridized carbons (Fsp3) is 0.579. The second kappa shape index (κ2) is 9.96. The molecule has 132 valence electrons. The van der Waals surface area contributed by atoms with Gasteiger partial charge in [-0.1, -0.05) is 62.4 Å². The van der Waals surface area contributed by atoms with Crippen molar-refractivity contribution >= 4 is 12.1 Å². The van der Waals surface area contributed by atoms with Gasteiger partial charge in [0, 0.05) is 12.5 Å². The van der Waals surface area contributed by atoms with Crippen LogP contribution in [0.1, 0.15) is 56.9 Å². The van der Waals surface area contributed by atoms with E-state index in [1.54, 1.807) is 0 Å². The third kappa shape index (κ3) is 7.02. The third-order valence-corrected chi connectivity index (χ3v) is 4.58. The van der Waals surface area contributed by atoms with Gasteiger partial charge in [-0.15, -0.1) is 0 Å². The number of amides is 1. The SMILES string of the molecule is O=C(O)CCC(CC1CCCCC1)NC(=O)OCc1ccccc1. The lowest BCUT2D eigenvalue weighted by Gasteiger charge is -2.26. The van der Waals surface area contributed by atoms with Gasteiger partial charge in [0.25, 0.3) is 0 Å². The first-order valence-corrected chi connectivity index (χ1v) is 8.82. The van der Waals surface area contributed by atoms with Crippen LogP contribution in [0, 0.1) is 5.92 Å². The summed E-state index contributed by atoms with van der Waals surface area (Å²) in [6.45, 7) is 0.224. The maximum atomic E-state index is 12.0. The highest BCUT2D eigenvalue weighted by atomic mass is 16.5. The van der Waals surface area contributed by atoms with E-state index in [1.807, 2.05) is 30.3 Å². The lowest BCUT2D eigenvalue weighted by Crippen LogP contribution is -2.37. The summed E-state index contributed by atoms with van der Waals surface area (Å²) in [6.07, 6.45) is 6.97. The van der Waals surface area contributed by atoms with Crippen LogP contribution < -0.4 is 5.32 Å². The number of hydrogen-bond donors (Lipinski definition) is 2. The van der Waals surface area contributed by atoms with Gasteiger partial charge < -0.3 is 15.2 Å². The molecule has 1 aliphatic carbocycles. The van der Waals surface area contributed by atoms with Crippen molar-refractivity contribution in [2.24, 2.45) is 5.92 Å². The highest BCUT2D eigenvalue weighted by molar-refractivity contribution is 5.68. The molecule has 2 rings (SSSR count). The molecule has 1 saturated carbocycles. The van der Waals surface area contributed by atoms with E-state index < -0.39 is 12.1 Å². The second-order valence-corrected chi connectivity index (χ2v) is 6.58. The van der Waals surface area contributed by atoms with E-state index >= 15 is 0 Å². The molecule has 1 aromatic rings. The van der Waals surface area contributed by atoms with E-state index in [9.17, 15) is 9.59 Å². The first-order valence-electron chi connectivity index (χ1n) is 8.82. The molecule has 1 amide bonds. The zero-order chi connectivity index (χ0) is 17.2. The van der Waals surface area contributed by atoms with Gasteiger partial charge in [-0.2, -0.15) is 0 Å². The first kappa shape index (κ1) is 18.3. The topological polar surface area (TPSA) is 75.6 Å². The molecule has 1 aliphatic rings. The minimum Gasteiger partial charge on any atom is -0.481 e. The number of carboxylic acid groups (broad SMARTS) is 1. The van der Waals surface area contributed by atoms with Crippen molar-refractivity contribution < 1.29 is 19.4 Å². The Hall–Kier alpha value is -2.04. The Balaban J connectivity index is 1.80. The molecule has 2 N–H and O–H groups in total. The summed E-state index contributed by atoms with van der Waals surface area (Å²) in [6, 6.07) is 9.38. The smallest absolute Gasteiger partial charge is 0.407 e. The largest absolute Gasteiger partial charge is 0.481 e. The maximum absolute atomic E-state index is 12.0. The zero-order valence-electron chi connectivity index (χ0n) is 14.1. The van der Waals surface area contributed by atoms with Crippen molar-refractivity contribution in [2.75, 3.05) is 0 Å². The van der Waals surface area contributed by atoms with E-state index in [1.165, 1.54) is 32.1 Å². The Morgan fingerprint density at radius 3 is 2.54 bits per heavy atom. The molecular weight excluding hydrogens is 306 g/mol. The number of hydrogen-bond acceptors (Lipinski definition) is 3. The second-order valence-electron chi connectivity index (χ2n) is 6.58. The van der Waals surface area contributed by atoms with Gasteiger partial charge in [0.2, 0.25) is 0 Å². The summed E-state index contributed by atoms with van der Waals surface area (Å²) in [5.74, 6) is -0.255. The first-order chi connectivity index (χ1) is 11.6. The molecule has 24 heavy (non-hydrogen) atoms. The molecule has 1 aromatic carbocycles. The lowest BCUT2D eigenvalue weighted by molar-refractivity contribution is -0.137. The number of carbonyl (C=O) groups is 2.